The topological polar surface area (TPSA) is 53.4 Å². The zero-order valence-electron chi connectivity index (χ0n) is 16.6. The Balaban J connectivity index is 1.64. The van der Waals surface area contributed by atoms with Gasteiger partial charge in [-0.25, -0.2) is 9.78 Å². The van der Waals surface area contributed by atoms with Gasteiger partial charge in [0.1, 0.15) is 6.33 Å². The van der Waals surface area contributed by atoms with E-state index in [9.17, 15) is 4.79 Å². The molecule has 0 spiro atoms. The van der Waals surface area contributed by atoms with Crippen LogP contribution in [0.2, 0.25) is 0 Å². The molecule has 0 aliphatic rings. The van der Waals surface area contributed by atoms with Crippen molar-refractivity contribution in [3.05, 3.63) is 126 Å². The Morgan fingerprint density at radius 1 is 0.774 bits per heavy atom. The van der Waals surface area contributed by atoms with Crippen LogP contribution in [0.3, 0.4) is 0 Å². The lowest BCUT2D eigenvalue weighted by Crippen LogP contribution is -2.25. The number of esters is 1. The number of aromatic nitrogens is 2. The van der Waals surface area contributed by atoms with Crippen molar-refractivity contribution >= 4 is 23.4 Å². The molecule has 0 saturated heterocycles. The number of hydrogen-bond acceptors (Lipinski definition) is 5. The van der Waals surface area contributed by atoms with Crippen molar-refractivity contribution in [2.45, 2.75) is 12.2 Å². The van der Waals surface area contributed by atoms with Crippen molar-refractivity contribution in [2.24, 2.45) is 0 Å². The molecule has 6 heteroatoms. The quantitative estimate of drug-likeness (QED) is 0.316. The molecule has 0 saturated carbocycles. The summed E-state index contributed by atoms with van der Waals surface area (Å²) in [5.74, 6) is -0.536. The standard InChI is InChI=1S/C25H20N2O3S/c28-24(29-22(19-10-4-1-5-11-19)20-12-6-2-7-13-20)23(21-14-8-3-9-15-21)30-25(31)27-17-16-26-18-27/h1-18,22-23H. The summed E-state index contributed by atoms with van der Waals surface area (Å²) < 4.78 is 13.4. The van der Waals surface area contributed by atoms with Crippen LogP contribution >= 0.6 is 12.2 Å². The fourth-order valence-corrected chi connectivity index (χ4v) is 3.38. The highest BCUT2D eigenvalue weighted by molar-refractivity contribution is 7.80. The predicted molar refractivity (Wildman–Crippen MR) is 121 cm³/mol. The van der Waals surface area contributed by atoms with Crippen molar-refractivity contribution in [1.29, 1.82) is 0 Å². The number of carbonyl (C=O) groups excluding carboxylic acids is 1. The average Bonchev–Trinajstić information content (AvgIpc) is 3.38. The summed E-state index contributed by atoms with van der Waals surface area (Å²) in [4.78, 5) is 17.3. The third kappa shape index (κ3) is 5.05. The number of hydrogen-bond donors (Lipinski definition) is 0. The van der Waals surface area contributed by atoms with Gasteiger partial charge in [0, 0.05) is 18.0 Å². The first-order valence-electron chi connectivity index (χ1n) is 9.76. The van der Waals surface area contributed by atoms with Crippen LogP contribution in [0.15, 0.2) is 110 Å². The Morgan fingerprint density at radius 3 is 1.77 bits per heavy atom. The molecule has 0 bridgehead atoms. The summed E-state index contributed by atoms with van der Waals surface area (Å²) in [7, 11) is 0. The van der Waals surface area contributed by atoms with Gasteiger partial charge >= 0.3 is 5.97 Å². The monoisotopic (exact) mass is 428 g/mol. The molecule has 31 heavy (non-hydrogen) atoms. The molecule has 0 aliphatic heterocycles. The fraction of sp³-hybridized carbons (Fsp3) is 0.0800. The second kappa shape index (κ2) is 9.82. The van der Waals surface area contributed by atoms with E-state index in [1.54, 1.807) is 12.4 Å². The molecular weight excluding hydrogens is 408 g/mol. The first-order chi connectivity index (χ1) is 15.2. The Labute approximate surface area is 185 Å². The van der Waals surface area contributed by atoms with Crippen LogP contribution in [0.4, 0.5) is 0 Å². The second-order valence-electron chi connectivity index (χ2n) is 6.78. The van der Waals surface area contributed by atoms with Gasteiger partial charge in [-0.15, -0.1) is 0 Å². The van der Waals surface area contributed by atoms with Gasteiger partial charge in [0.2, 0.25) is 6.10 Å². The van der Waals surface area contributed by atoms with E-state index in [0.717, 1.165) is 11.1 Å². The van der Waals surface area contributed by atoms with Crippen molar-refractivity contribution < 1.29 is 14.3 Å². The van der Waals surface area contributed by atoms with E-state index in [2.05, 4.69) is 4.98 Å². The second-order valence-corrected chi connectivity index (χ2v) is 7.13. The van der Waals surface area contributed by atoms with Crippen LogP contribution < -0.4 is 0 Å². The first-order valence-corrected chi connectivity index (χ1v) is 10.2. The highest BCUT2D eigenvalue weighted by Crippen LogP contribution is 2.29. The summed E-state index contributed by atoms with van der Waals surface area (Å²) in [6.45, 7) is 0. The Kier molecular flexibility index (Phi) is 6.50. The first kappa shape index (κ1) is 20.5. The molecule has 1 heterocycles. The van der Waals surface area contributed by atoms with Crippen molar-refractivity contribution in [1.82, 2.24) is 9.55 Å². The Hall–Kier alpha value is -3.77. The number of rotatable bonds is 6. The molecule has 0 fully saturated rings. The molecule has 5 nitrogen and oxygen atoms in total. The average molecular weight is 429 g/mol. The van der Waals surface area contributed by atoms with E-state index in [-0.39, 0.29) is 5.17 Å². The lowest BCUT2D eigenvalue weighted by molar-refractivity contribution is -0.157. The Morgan fingerprint density at radius 2 is 1.29 bits per heavy atom. The highest BCUT2D eigenvalue weighted by Gasteiger charge is 2.29. The molecule has 4 rings (SSSR count). The minimum Gasteiger partial charge on any atom is -0.450 e. The summed E-state index contributed by atoms with van der Waals surface area (Å²) in [6, 6.07) is 28.4. The lowest BCUT2D eigenvalue weighted by atomic mass is 10.0. The molecule has 0 N–H and O–H groups in total. The molecule has 0 amide bonds. The van der Waals surface area contributed by atoms with E-state index < -0.39 is 18.2 Å². The van der Waals surface area contributed by atoms with Gasteiger partial charge in [-0.05, 0) is 23.3 Å². The zero-order valence-corrected chi connectivity index (χ0v) is 17.4. The van der Waals surface area contributed by atoms with Crippen LogP contribution in [0, 0.1) is 0 Å². The van der Waals surface area contributed by atoms with Crippen molar-refractivity contribution in [3.8, 4) is 0 Å². The van der Waals surface area contributed by atoms with E-state index in [0.29, 0.717) is 5.56 Å². The van der Waals surface area contributed by atoms with E-state index in [1.165, 1.54) is 10.9 Å². The zero-order chi connectivity index (χ0) is 21.5. The summed E-state index contributed by atoms with van der Waals surface area (Å²) in [6.07, 6.45) is 3.17. The SMILES string of the molecule is O=C(OC(c1ccccc1)c1ccccc1)C(OC(=S)n1ccnc1)c1ccccc1. The summed E-state index contributed by atoms with van der Waals surface area (Å²) in [5.41, 5.74) is 2.38. The van der Waals surface area contributed by atoms with Gasteiger partial charge < -0.3 is 9.47 Å². The summed E-state index contributed by atoms with van der Waals surface area (Å²) >= 11 is 5.36. The Bertz CT molecular complexity index is 1080. The molecule has 1 unspecified atom stereocenters. The minimum atomic E-state index is -1.02. The number of benzene rings is 3. The van der Waals surface area contributed by atoms with Gasteiger partial charge in [0.15, 0.2) is 6.10 Å². The van der Waals surface area contributed by atoms with Gasteiger partial charge in [-0.1, -0.05) is 91.0 Å². The van der Waals surface area contributed by atoms with Crippen molar-refractivity contribution in [2.75, 3.05) is 0 Å². The molecule has 1 atom stereocenters. The van der Waals surface area contributed by atoms with Crippen LogP contribution in [-0.4, -0.2) is 20.7 Å². The normalized spacial score (nSPS) is 11.6. The molecule has 1 aromatic heterocycles. The van der Waals surface area contributed by atoms with E-state index in [1.807, 2.05) is 91.0 Å². The number of nitrogens with zero attached hydrogens (tertiary/aromatic N) is 2. The van der Waals surface area contributed by atoms with Gasteiger partial charge in [0.25, 0.3) is 5.17 Å². The number of imidazole rings is 1. The number of ether oxygens (including phenoxy) is 2. The third-order valence-corrected chi connectivity index (χ3v) is 5.00. The maximum Gasteiger partial charge on any atom is 0.353 e. The van der Waals surface area contributed by atoms with Crippen LogP contribution in [-0.2, 0) is 14.3 Å². The fourth-order valence-electron chi connectivity index (χ4n) is 3.17. The predicted octanol–water partition coefficient (Wildman–Crippen LogP) is 5.11. The molecule has 4 aromatic rings. The molecular formula is C25H20N2O3S. The van der Waals surface area contributed by atoms with Gasteiger partial charge in [-0.3, -0.25) is 4.57 Å². The maximum atomic E-state index is 13.4. The van der Waals surface area contributed by atoms with Crippen LogP contribution in [0.1, 0.15) is 28.9 Å². The third-order valence-electron chi connectivity index (χ3n) is 4.69. The smallest absolute Gasteiger partial charge is 0.353 e. The van der Waals surface area contributed by atoms with Crippen molar-refractivity contribution in [3.63, 3.8) is 0 Å². The number of thiocarbonyl (C=S) groups is 1. The van der Waals surface area contributed by atoms with Crippen LogP contribution in [0.5, 0.6) is 0 Å². The maximum absolute atomic E-state index is 13.4. The lowest BCUT2D eigenvalue weighted by Gasteiger charge is -2.23. The van der Waals surface area contributed by atoms with E-state index in [4.69, 9.17) is 21.7 Å². The summed E-state index contributed by atoms with van der Waals surface area (Å²) in [5, 5.41) is 0.110. The van der Waals surface area contributed by atoms with Gasteiger partial charge in [0.05, 0.1) is 0 Å². The van der Waals surface area contributed by atoms with Gasteiger partial charge in [-0.2, -0.15) is 0 Å². The van der Waals surface area contributed by atoms with E-state index >= 15 is 0 Å². The minimum absolute atomic E-state index is 0.110. The molecule has 3 aromatic carbocycles. The molecule has 0 radical (unpaired) electrons. The molecule has 0 aliphatic carbocycles. The largest absolute Gasteiger partial charge is 0.450 e. The molecule has 154 valence electrons. The van der Waals surface area contributed by atoms with Crippen LogP contribution in [0.25, 0.3) is 0 Å². The highest BCUT2D eigenvalue weighted by atomic mass is 32.1. The number of carbonyl (C=O) groups is 1.